The molecule has 0 bridgehead atoms. The molecular weight excluding hydrogens is 196 g/mol. The predicted octanol–water partition coefficient (Wildman–Crippen LogP) is 1.13. The Labute approximate surface area is 90.2 Å². The zero-order valence-electron chi connectivity index (χ0n) is 9.01. The normalized spacial score (nSPS) is 29.0. The highest BCUT2D eigenvalue weighted by Crippen LogP contribution is 2.36. The van der Waals surface area contributed by atoms with Gasteiger partial charge in [-0.25, -0.2) is 0 Å². The van der Waals surface area contributed by atoms with Crippen LogP contribution in [0.5, 0.6) is 0 Å². The van der Waals surface area contributed by atoms with E-state index in [2.05, 4.69) is 12.2 Å². The van der Waals surface area contributed by atoms with Crippen LogP contribution < -0.4 is 11.1 Å². The monoisotopic (exact) mass is 216 g/mol. The van der Waals surface area contributed by atoms with Gasteiger partial charge < -0.3 is 11.1 Å². The maximum atomic E-state index is 10.7. The van der Waals surface area contributed by atoms with Crippen LogP contribution in [-0.4, -0.2) is 29.0 Å². The summed E-state index contributed by atoms with van der Waals surface area (Å²) < 4.78 is 0.367. The number of rotatable bonds is 5. The molecule has 0 aliphatic carbocycles. The van der Waals surface area contributed by atoms with Crippen molar-refractivity contribution in [3.8, 4) is 0 Å². The van der Waals surface area contributed by atoms with Gasteiger partial charge in [0.05, 0.1) is 0 Å². The van der Waals surface area contributed by atoms with Gasteiger partial charge >= 0.3 is 0 Å². The van der Waals surface area contributed by atoms with E-state index in [9.17, 15) is 4.79 Å². The predicted molar refractivity (Wildman–Crippen MR) is 61.4 cm³/mol. The average Bonchev–Trinajstić information content (AvgIpc) is 2.49. The topological polar surface area (TPSA) is 55.1 Å². The molecule has 3 N–H and O–H groups in total. The van der Waals surface area contributed by atoms with Gasteiger partial charge in [-0.1, -0.05) is 0 Å². The first-order chi connectivity index (χ1) is 6.52. The molecule has 1 saturated heterocycles. The Kier molecular flexibility index (Phi) is 4.26. The number of hydrogen-bond acceptors (Lipinski definition) is 3. The smallest absolute Gasteiger partial charge is 0.218 e. The van der Waals surface area contributed by atoms with Crippen molar-refractivity contribution in [2.45, 2.75) is 43.9 Å². The molecule has 1 aliphatic heterocycles. The molecule has 1 aliphatic rings. The van der Waals surface area contributed by atoms with Gasteiger partial charge in [0.25, 0.3) is 0 Å². The lowest BCUT2D eigenvalue weighted by Gasteiger charge is -2.25. The minimum Gasteiger partial charge on any atom is -0.370 e. The molecule has 3 nitrogen and oxygen atoms in total. The molecule has 0 aromatic rings. The van der Waals surface area contributed by atoms with E-state index in [1.165, 1.54) is 18.6 Å². The third-order valence-corrected chi connectivity index (χ3v) is 4.17. The van der Waals surface area contributed by atoms with Gasteiger partial charge in [0.1, 0.15) is 0 Å². The number of nitrogens with two attached hydrogens (primary N) is 1. The molecule has 1 amide bonds. The van der Waals surface area contributed by atoms with Crippen LogP contribution in [0.3, 0.4) is 0 Å². The van der Waals surface area contributed by atoms with Gasteiger partial charge in [-0.3, -0.25) is 4.79 Å². The van der Waals surface area contributed by atoms with E-state index in [0.29, 0.717) is 11.2 Å². The summed E-state index contributed by atoms with van der Waals surface area (Å²) in [6.07, 6.45) is 3.02. The lowest BCUT2D eigenvalue weighted by atomic mass is 10.1. The SMILES string of the molecule is CC(CC(N)=O)NCC1(C)CCCS1. The second-order valence-electron chi connectivity index (χ2n) is 4.35. The summed E-state index contributed by atoms with van der Waals surface area (Å²) in [5, 5.41) is 3.37. The van der Waals surface area contributed by atoms with Crippen molar-refractivity contribution in [1.29, 1.82) is 0 Å². The van der Waals surface area contributed by atoms with Crippen molar-refractivity contribution in [2.24, 2.45) is 5.73 Å². The van der Waals surface area contributed by atoms with Gasteiger partial charge in [0.2, 0.25) is 5.91 Å². The highest BCUT2D eigenvalue weighted by Gasteiger charge is 2.29. The molecule has 1 heterocycles. The Balaban J connectivity index is 2.22. The second kappa shape index (κ2) is 5.03. The molecule has 1 rings (SSSR count). The number of hydrogen-bond donors (Lipinski definition) is 2. The number of nitrogens with one attached hydrogen (secondary N) is 1. The molecule has 1 fully saturated rings. The van der Waals surface area contributed by atoms with Crippen LogP contribution in [0.15, 0.2) is 0 Å². The van der Waals surface area contributed by atoms with Gasteiger partial charge in [-0.2, -0.15) is 11.8 Å². The molecule has 0 aromatic heterocycles. The number of thioether (sulfide) groups is 1. The molecular formula is C10H20N2OS. The Bertz CT molecular complexity index is 202. The zero-order valence-corrected chi connectivity index (χ0v) is 9.82. The Hall–Kier alpha value is -0.220. The van der Waals surface area contributed by atoms with E-state index in [-0.39, 0.29) is 11.9 Å². The lowest BCUT2D eigenvalue weighted by Crippen LogP contribution is -2.39. The molecule has 2 unspecified atom stereocenters. The van der Waals surface area contributed by atoms with Crippen LogP contribution in [0.4, 0.5) is 0 Å². The van der Waals surface area contributed by atoms with Gasteiger partial charge in [0.15, 0.2) is 0 Å². The molecule has 0 aromatic carbocycles. The second-order valence-corrected chi connectivity index (χ2v) is 6.04. The fourth-order valence-corrected chi connectivity index (χ4v) is 3.00. The zero-order chi connectivity index (χ0) is 10.6. The summed E-state index contributed by atoms with van der Waals surface area (Å²) in [6, 6.07) is 0.200. The van der Waals surface area contributed by atoms with E-state index in [4.69, 9.17) is 5.73 Å². The number of amides is 1. The quantitative estimate of drug-likeness (QED) is 0.724. The third kappa shape index (κ3) is 3.88. The first-order valence-corrected chi connectivity index (χ1v) is 6.16. The van der Waals surface area contributed by atoms with Crippen molar-refractivity contribution >= 4 is 17.7 Å². The summed E-state index contributed by atoms with van der Waals surface area (Å²) in [5.41, 5.74) is 5.13. The fourth-order valence-electron chi connectivity index (χ4n) is 1.74. The summed E-state index contributed by atoms with van der Waals surface area (Å²) in [4.78, 5) is 10.7. The summed E-state index contributed by atoms with van der Waals surface area (Å²) in [5.74, 6) is 1.04. The first kappa shape index (κ1) is 11.9. The van der Waals surface area contributed by atoms with Crippen LogP contribution in [0.1, 0.15) is 33.1 Å². The van der Waals surface area contributed by atoms with E-state index in [1.54, 1.807) is 0 Å². The van der Waals surface area contributed by atoms with E-state index < -0.39 is 0 Å². The summed E-state index contributed by atoms with van der Waals surface area (Å²) in [6.45, 7) is 5.27. The molecule has 0 radical (unpaired) electrons. The van der Waals surface area contributed by atoms with Crippen molar-refractivity contribution in [3.05, 3.63) is 0 Å². The van der Waals surface area contributed by atoms with Crippen LogP contribution in [-0.2, 0) is 4.79 Å². The highest BCUT2D eigenvalue weighted by atomic mass is 32.2. The molecule has 4 heteroatoms. The molecule has 0 saturated carbocycles. The highest BCUT2D eigenvalue weighted by molar-refractivity contribution is 8.00. The molecule has 14 heavy (non-hydrogen) atoms. The Morgan fingerprint density at radius 2 is 2.43 bits per heavy atom. The number of primary amides is 1. The fraction of sp³-hybridized carbons (Fsp3) is 0.900. The molecule has 2 atom stereocenters. The van der Waals surface area contributed by atoms with Gasteiger partial charge in [-0.15, -0.1) is 0 Å². The third-order valence-electron chi connectivity index (χ3n) is 2.63. The number of carbonyl (C=O) groups excluding carboxylic acids is 1. The van der Waals surface area contributed by atoms with Crippen LogP contribution in [0, 0.1) is 0 Å². The minimum atomic E-state index is -0.228. The first-order valence-electron chi connectivity index (χ1n) is 5.17. The van der Waals surface area contributed by atoms with Gasteiger partial charge in [0, 0.05) is 23.8 Å². The van der Waals surface area contributed by atoms with Crippen molar-refractivity contribution in [1.82, 2.24) is 5.32 Å². The van der Waals surface area contributed by atoms with Crippen molar-refractivity contribution in [3.63, 3.8) is 0 Å². The van der Waals surface area contributed by atoms with Crippen molar-refractivity contribution < 1.29 is 4.79 Å². The van der Waals surface area contributed by atoms with Crippen molar-refractivity contribution in [2.75, 3.05) is 12.3 Å². The Morgan fingerprint density at radius 3 is 2.93 bits per heavy atom. The van der Waals surface area contributed by atoms with Crippen LogP contribution in [0.2, 0.25) is 0 Å². The van der Waals surface area contributed by atoms with Crippen LogP contribution >= 0.6 is 11.8 Å². The summed E-state index contributed by atoms with van der Waals surface area (Å²) in [7, 11) is 0. The van der Waals surface area contributed by atoms with E-state index >= 15 is 0 Å². The lowest BCUT2D eigenvalue weighted by molar-refractivity contribution is -0.118. The maximum Gasteiger partial charge on any atom is 0.218 e. The average molecular weight is 216 g/mol. The maximum absolute atomic E-state index is 10.7. The van der Waals surface area contributed by atoms with Crippen LogP contribution in [0.25, 0.3) is 0 Å². The van der Waals surface area contributed by atoms with E-state index in [1.807, 2.05) is 18.7 Å². The van der Waals surface area contributed by atoms with E-state index in [0.717, 1.165) is 6.54 Å². The number of carbonyl (C=O) groups is 1. The largest absolute Gasteiger partial charge is 0.370 e. The molecule has 82 valence electrons. The standard InChI is InChI=1S/C10H20N2OS/c1-8(6-9(11)13)12-7-10(2)4-3-5-14-10/h8,12H,3-7H2,1-2H3,(H2,11,13). The van der Waals surface area contributed by atoms with Gasteiger partial charge in [-0.05, 0) is 32.4 Å². The summed E-state index contributed by atoms with van der Waals surface area (Å²) >= 11 is 2.03. The Morgan fingerprint density at radius 1 is 1.71 bits per heavy atom. The molecule has 0 spiro atoms. The minimum absolute atomic E-state index is 0.200.